The van der Waals surface area contributed by atoms with Gasteiger partial charge in [-0.25, -0.2) is 4.99 Å². The molecule has 0 saturated carbocycles. The number of anilines is 1. The molecule has 0 unspecified atom stereocenters. The van der Waals surface area contributed by atoms with E-state index in [0.717, 1.165) is 50.3 Å². The van der Waals surface area contributed by atoms with Crippen LogP contribution in [-0.4, -0.2) is 36.2 Å². The van der Waals surface area contributed by atoms with Gasteiger partial charge in [0.2, 0.25) is 0 Å². The molecule has 2 heterocycles. The number of amidine groups is 1. The first-order valence-corrected chi connectivity index (χ1v) is 14.0. The molecule has 0 radical (unpaired) electrons. The third-order valence-electron chi connectivity index (χ3n) is 6.26. The van der Waals surface area contributed by atoms with Crippen molar-refractivity contribution in [1.82, 2.24) is 4.90 Å². The van der Waals surface area contributed by atoms with E-state index in [1.165, 1.54) is 11.8 Å². The first-order valence-electron chi connectivity index (χ1n) is 12.3. The number of hydrogen-bond acceptors (Lipinski definition) is 6. The van der Waals surface area contributed by atoms with Gasteiger partial charge >= 0.3 is 0 Å². The Bertz CT molecular complexity index is 1430. The smallest absolute Gasteiger partial charge is 0.267 e. The number of carbonyl (C=O) groups is 1. The number of thioether (sulfide) groups is 2. The molecule has 3 aromatic rings. The van der Waals surface area contributed by atoms with Gasteiger partial charge < -0.3 is 9.64 Å². The number of benzene rings is 3. The van der Waals surface area contributed by atoms with Crippen LogP contribution in [0.5, 0.6) is 5.75 Å². The number of carbonyl (C=O) groups excluding carboxylic acids is 1. The molecular weight excluding hydrogens is 498 g/mol. The Hall–Kier alpha value is -3.42. The van der Waals surface area contributed by atoms with E-state index in [-0.39, 0.29) is 5.91 Å². The predicted molar refractivity (Wildman–Crippen MR) is 157 cm³/mol. The molecule has 7 heteroatoms. The lowest BCUT2D eigenvalue weighted by atomic mass is 10.0. The van der Waals surface area contributed by atoms with Crippen LogP contribution >= 0.6 is 23.5 Å². The molecule has 3 aromatic carbocycles. The van der Waals surface area contributed by atoms with Crippen molar-refractivity contribution in [2.24, 2.45) is 4.99 Å². The van der Waals surface area contributed by atoms with Crippen LogP contribution < -0.4 is 9.64 Å². The first-order chi connectivity index (χ1) is 18.0. The zero-order valence-corrected chi connectivity index (χ0v) is 23.0. The molecule has 0 aromatic heterocycles. The summed E-state index contributed by atoms with van der Waals surface area (Å²) >= 11 is 3.15. The molecule has 1 amide bonds. The molecule has 0 aliphatic carbocycles. The molecule has 1 saturated heterocycles. The number of aryl methyl sites for hydroxylation is 1. The topological polar surface area (TPSA) is 45.1 Å². The number of rotatable bonds is 6. The van der Waals surface area contributed by atoms with Crippen molar-refractivity contribution in [2.45, 2.75) is 25.7 Å². The second-order valence-corrected chi connectivity index (χ2v) is 10.7. The van der Waals surface area contributed by atoms with Gasteiger partial charge in [0.1, 0.15) is 5.75 Å². The summed E-state index contributed by atoms with van der Waals surface area (Å²) in [7, 11) is 1.69. The number of likely N-dealkylation sites (N-methyl/N-ethyl adjacent to an activating group) is 1. The summed E-state index contributed by atoms with van der Waals surface area (Å²) in [6, 6.07) is 24.3. The van der Waals surface area contributed by atoms with Crippen molar-refractivity contribution in [2.75, 3.05) is 25.1 Å². The summed E-state index contributed by atoms with van der Waals surface area (Å²) in [4.78, 5) is 24.5. The molecule has 5 rings (SSSR count). The molecule has 37 heavy (non-hydrogen) atoms. The van der Waals surface area contributed by atoms with Gasteiger partial charge in [-0.1, -0.05) is 54.2 Å². The predicted octanol–water partition coefficient (Wildman–Crippen LogP) is 7.47. The van der Waals surface area contributed by atoms with Crippen molar-refractivity contribution in [3.05, 3.63) is 99.9 Å². The van der Waals surface area contributed by atoms with E-state index < -0.39 is 0 Å². The molecule has 0 bridgehead atoms. The minimum atomic E-state index is -0.0140. The normalized spacial score (nSPS) is 18.6. The quantitative estimate of drug-likeness (QED) is 0.311. The molecule has 1 fully saturated rings. The molecule has 2 aliphatic heterocycles. The highest BCUT2D eigenvalue weighted by molar-refractivity contribution is 8.18. The highest BCUT2D eigenvalue weighted by Gasteiger charge is 2.35. The van der Waals surface area contributed by atoms with Gasteiger partial charge in [0.15, 0.2) is 5.17 Å². The molecule has 0 spiro atoms. The number of hydrogen-bond donors (Lipinski definition) is 0. The number of nitrogens with zero attached hydrogens (tertiary/aromatic N) is 3. The molecule has 2 aliphatic rings. The van der Waals surface area contributed by atoms with Gasteiger partial charge in [-0.05, 0) is 80.1 Å². The van der Waals surface area contributed by atoms with E-state index in [4.69, 9.17) is 9.73 Å². The zero-order chi connectivity index (χ0) is 25.9. The molecular formula is C30H29N3O2S2. The molecule has 5 nitrogen and oxygen atoms in total. The van der Waals surface area contributed by atoms with Crippen LogP contribution in [0.1, 0.15) is 25.0 Å². The molecule has 0 atom stereocenters. The second-order valence-electron chi connectivity index (χ2n) is 8.66. The van der Waals surface area contributed by atoms with Crippen molar-refractivity contribution < 1.29 is 9.53 Å². The van der Waals surface area contributed by atoms with E-state index in [1.807, 2.05) is 62.4 Å². The summed E-state index contributed by atoms with van der Waals surface area (Å²) in [5, 5.41) is 1.79. The minimum Gasteiger partial charge on any atom is -0.497 e. The molecule has 0 N–H and O–H groups in total. The third kappa shape index (κ3) is 5.06. The van der Waals surface area contributed by atoms with Crippen LogP contribution in [0.3, 0.4) is 0 Å². The second kappa shape index (κ2) is 10.9. The van der Waals surface area contributed by atoms with Crippen LogP contribution in [0.2, 0.25) is 0 Å². The number of aliphatic imine (C=N–C) groups is 1. The maximum atomic E-state index is 13.7. The summed E-state index contributed by atoms with van der Waals surface area (Å²) in [5.41, 5.74) is 5.05. The van der Waals surface area contributed by atoms with Crippen LogP contribution in [-0.2, 0) is 4.79 Å². The van der Waals surface area contributed by atoms with E-state index >= 15 is 0 Å². The average molecular weight is 528 g/mol. The van der Waals surface area contributed by atoms with Crippen LogP contribution in [0.4, 0.5) is 11.4 Å². The van der Waals surface area contributed by atoms with Crippen molar-refractivity contribution >= 4 is 51.5 Å². The Kier molecular flexibility index (Phi) is 7.44. The van der Waals surface area contributed by atoms with E-state index in [9.17, 15) is 4.79 Å². The number of amides is 1. The Morgan fingerprint density at radius 3 is 2.43 bits per heavy atom. The summed E-state index contributed by atoms with van der Waals surface area (Å²) in [5.74, 6) is 0.821. The van der Waals surface area contributed by atoms with Gasteiger partial charge in [0.05, 0.1) is 28.4 Å². The Labute approximate surface area is 226 Å². The van der Waals surface area contributed by atoms with E-state index in [2.05, 4.69) is 42.2 Å². The highest BCUT2D eigenvalue weighted by atomic mass is 32.2. The largest absolute Gasteiger partial charge is 0.497 e. The van der Waals surface area contributed by atoms with Crippen molar-refractivity contribution in [1.29, 1.82) is 0 Å². The van der Waals surface area contributed by atoms with Gasteiger partial charge in [-0.15, -0.1) is 0 Å². The SMILES string of the molecule is CCN1C(=O)/C(=C(\C=C2/Sc3cc(OC)ccc3N2CC)c2ccccc2)SC1=Nc1cccc(C)c1. The lowest BCUT2D eigenvalue weighted by molar-refractivity contribution is -0.122. The number of fused-ring (bicyclic) bond motifs is 1. The first kappa shape index (κ1) is 25.2. The Balaban J connectivity index is 1.62. The number of ether oxygens (including phenoxy) is 1. The number of allylic oxidation sites excluding steroid dienone is 2. The van der Waals surface area contributed by atoms with Crippen molar-refractivity contribution in [3.63, 3.8) is 0 Å². The fraction of sp³-hybridized carbons (Fsp3) is 0.200. The monoisotopic (exact) mass is 527 g/mol. The number of methoxy groups -OCH3 is 1. The Morgan fingerprint density at radius 1 is 0.946 bits per heavy atom. The zero-order valence-electron chi connectivity index (χ0n) is 21.4. The fourth-order valence-electron chi connectivity index (χ4n) is 4.41. The molecule has 188 valence electrons. The third-order valence-corrected chi connectivity index (χ3v) is 8.45. The van der Waals surface area contributed by atoms with E-state index in [1.54, 1.807) is 23.8 Å². The maximum absolute atomic E-state index is 13.7. The average Bonchev–Trinajstić information content (AvgIpc) is 3.42. The van der Waals surface area contributed by atoms with E-state index in [0.29, 0.717) is 16.6 Å². The van der Waals surface area contributed by atoms with Gasteiger partial charge in [0.25, 0.3) is 5.91 Å². The minimum absolute atomic E-state index is 0.0140. The standard InChI is InChI=1S/C30H29N3O2S2/c1-5-32-25-16-15-23(35-4)18-26(25)36-27(32)19-24(21-12-8-7-9-13-21)28-29(34)33(6-2)30(37-28)31-22-14-10-11-20(3)17-22/h7-19H,5-6H2,1-4H3/b27-19-,28-24-,31-30?. The van der Waals surface area contributed by atoms with Crippen molar-refractivity contribution in [3.8, 4) is 5.75 Å². The van der Waals surface area contributed by atoms with Gasteiger partial charge in [0, 0.05) is 23.6 Å². The van der Waals surface area contributed by atoms with Crippen LogP contribution in [0, 0.1) is 6.92 Å². The fourth-order valence-corrected chi connectivity index (χ4v) is 6.74. The summed E-state index contributed by atoms with van der Waals surface area (Å²) < 4.78 is 5.45. The van der Waals surface area contributed by atoms with Crippen LogP contribution in [0.15, 0.2) is 98.7 Å². The highest BCUT2D eigenvalue weighted by Crippen LogP contribution is 2.49. The summed E-state index contributed by atoms with van der Waals surface area (Å²) in [6.07, 6.45) is 2.15. The summed E-state index contributed by atoms with van der Waals surface area (Å²) in [6.45, 7) is 7.55. The van der Waals surface area contributed by atoms with Crippen LogP contribution in [0.25, 0.3) is 5.57 Å². The lowest BCUT2D eigenvalue weighted by Gasteiger charge is -2.19. The lowest BCUT2D eigenvalue weighted by Crippen LogP contribution is -2.28. The maximum Gasteiger partial charge on any atom is 0.267 e. The van der Waals surface area contributed by atoms with Gasteiger partial charge in [-0.3, -0.25) is 9.69 Å². The Morgan fingerprint density at radius 2 is 1.73 bits per heavy atom. The van der Waals surface area contributed by atoms with Gasteiger partial charge in [-0.2, -0.15) is 0 Å².